The number of carbonyl (C=O) groups excluding carboxylic acids is 1. The molecule has 0 saturated carbocycles. The molecule has 6 nitrogen and oxygen atoms in total. The molecule has 0 spiro atoms. The van der Waals surface area contributed by atoms with Crippen LogP contribution in [0.15, 0.2) is 0 Å². The molecule has 1 saturated heterocycles. The number of sulfonamides is 1. The van der Waals surface area contributed by atoms with Crippen molar-refractivity contribution in [3.8, 4) is 0 Å². The van der Waals surface area contributed by atoms with Gasteiger partial charge >= 0.3 is 0 Å². The minimum absolute atomic E-state index is 0.0296. The number of amides is 1. The minimum atomic E-state index is -3.14. The maximum atomic E-state index is 11.9. The molecule has 112 valence electrons. The summed E-state index contributed by atoms with van der Waals surface area (Å²) in [6.07, 6.45) is 3.64. The molecule has 7 heteroatoms. The van der Waals surface area contributed by atoms with E-state index in [-0.39, 0.29) is 17.7 Å². The number of nitrogens with one attached hydrogen (secondary N) is 1. The summed E-state index contributed by atoms with van der Waals surface area (Å²) in [4.78, 5) is 13.7. The van der Waals surface area contributed by atoms with Crippen LogP contribution in [-0.2, 0) is 14.8 Å². The first-order chi connectivity index (χ1) is 8.98. The quantitative estimate of drug-likeness (QED) is 0.648. The highest BCUT2D eigenvalue weighted by Gasteiger charge is 2.24. The molecule has 0 aliphatic carbocycles. The van der Waals surface area contributed by atoms with E-state index < -0.39 is 10.0 Å². The molecule has 0 aromatic carbocycles. The van der Waals surface area contributed by atoms with E-state index in [1.165, 1.54) is 0 Å². The Hall–Kier alpha value is -0.660. The molecule has 1 aliphatic heterocycles. The fourth-order valence-electron chi connectivity index (χ4n) is 2.16. The largest absolute Gasteiger partial charge is 0.343 e. The van der Waals surface area contributed by atoms with Gasteiger partial charge in [-0.3, -0.25) is 4.79 Å². The van der Waals surface area contributed by atoms with Gasteiger partial charge in [0.2, 0.25) is 15.9 Å². The van der Waals surface area contributed by atoms with Crippen molar-refractivity contribution in [2.45, 2.75) is 45.1 Å². The molecule has 0 aromatic rings. The van der Waals surface area contributed by atoms with Gasteiger partial charge in [0, 0.05) is 25.6 Å². The van der Waals surface area contributed by atoms with Gasteiger partial charge in [0.15, 0.2) is 0 Å². The summed E-state index contributed by atoms with van der Waals surface area (Å²) in [7, 11) is -3.14. The van der Waals surface area contributed by atoms with Crippen LogP contribution in [-0.4, -0.2) is 50.7 Å². The highest BCUT2D eigenvalue weighted by molar-refractivity contribution is 7.89. The highest BCUT2D eigenvalue weighted by Crippen LogP contribution is 2.13. The van der Waals surface area contributed by atoms with Gasteiger partial charge in [-0.1, -0.05) is 0 Å². The van der Waals surface area contributed by atoms with Crippen LogP contribution in [0, 0.1) is 0 Å². The molecule has 1 aliphatic rings. The summed E-state index contributed by atoms with van der Waals surface area (Å²) in [6, 6.07) is -0.0296. The van der Waals surface area contributed by atoms with Crippen molar-refractivity contribution >= 4 is 15.9 Å². The van der Waals surface area contributed by atoms with E-state index >= 15 is 0 Å². The average Bonchev–Trinajstić information content (AvgIpc) is 2.39. The molecule has 1 heterocycles. The predicted molar refractivity (Wildman–Crippen MR) is 75.1 cm³/mol. The first-order valence-electron chi connectivity index (χ1n) is 6.96. The summed E-state index contributed by atoms with van der Waals surface area (Å²) in [6.45, 7) is 3.52. The Morgan fingerprint density at radius 1 is 1.32 bits per heavy atom. The summed E-state index contributed by atoms with van der Waals surface area (Å²) in [5.74, 6) is 0.260. The zero-order valence-corrected chi connectivity index (χ0v) is 12.4. The van der Waals surface area contributed by atoms with E-state index in [1.54, 1.807) is 6.92 Å². The third-order valence-electron chi connectivity index (χ3n) is 3.42. The standard InChI is InChI=1S/C12H25N3O3S/c1-2-19(17,18)14-11-6-9-15(10-7-11)12(16)5-3-4-8-13/h11,14H,2-10,13H2,1H3. The lowest BCUT2D eigenvalue weighted by molar-refractivity contribution is -0.132. The van der Waals surface area contributed by atoms with Crippen LogP contribution < -0.4 is 10.5 Å². The van der Waals surface area contributed by atoms with Gasteiger partial charge in [0.1, 0.15) is 0 Å². The number of nitrogens with zero attached hydrogens (tertiary/aromatic N) is 1. The van der Waals surface area contributed by atoms with Gasteiger partial charge < -0.3 is 10.6 Å². The van der Waals surface area contributed by atoms with Crippen molar-refractivity contribution in [3.63, 3.8) is 0 Å². The van der Waals surface area contributed by atoms with Gasteiger partial charge in [0.05, 0.1) is 5.75 Å². The number of likely N-dealkylation sites (tertiary alicyclic amines) is 1. The molecule has 0 radical (unpaired) electrons. The maximum Gasteiger partial charge on any atom is 0.222 e. The van der Waals surface area contributed by atoms with Gasteiger partial charge in [-0.2, -0.15) is 0 Å². The van der Waals surface area contributed by atoms with E-state index in [2.05, 4.69) is 4.72 Å². The Balaban J connectivity index is 2.30. The predicted octanol–water partition coefficient (Wildman–Crippen LogP) is 0.0457. The Morgan fingerprint density at radius 3 is 2.47 bits per heavy atom. The lowest BCUT2D eigenvalue weighted by Crippen LogP contribution is -2.46. The fourth-order valence-corrected chi connectivity index (χ4v) is 3.07. The highest BCUT2D eigenvalue weighted by atomic mass is 32.2. The molecule has 0 aromatic heterocycles. The summed E-state index contributed by atoms with van der Waals surface area (Å²) in [5.41, 5.74) is 5.39. The number of hydrogen-bond donors (Lipinski definition) is 2. The number of carbonyl (C=O) groups is 1. The third kappa shape index (κ3) is 5.88. The Morgan fingerprint density at radius 2 is 1.95 bits per heavy atom. The van der Waals surface area contributed by atoms with Crippen molar-refractivity contribution in [1.82, 2.24) is 9.62 Å². The molecular formula is C12H25N3O3S. The lowest BCUT2D eigenvalue weighted by atomic mass is 10.1. The number of rotatable bonds is 7. The van der Waals surface area contributed by atoms with Gasteiger partial charge in [0.25, 0.3) is 0 Å². The second-order valence-corrected chi connectivity index (χ2v) is 6.96. The normalized spacial score (nSPS) is 17.7. The van der Waals surface area contributed by atoms with Gasteiger partial charge in [-0.25, -0.2) is 13.1 Å². The topological polar surface area (TPSA) is 92.5 Å². The number of piperidine rings is 1. The molecule has 1 rings (SSSR count). The van der Waals surface area contributed by atoms with Crippen molar-refractivity contribution in [3.05, 3.63) is 0 Å². The van der Waals surface area contributed by atoms with Crippen LogP contribution >= 0.6 is 0 Å². The Kier molecular flexibility index (Phi) is 6.74. The van der Waals surface area contributed by atoms with Crippen molar-refractivity contribution < 1.29 is 13.2 Å². The summed E-state index contributed by atoms with van der Waals surface area (Å²) >= 11 is 0. The van der Waals surface area contributed by atoms with Crippen LogP contribution in [0.1, 0.15) is 39.0 Å². The number of unbranched alkanes of at least 4 members (excludes halogenated alkanes) is 1. The maximum absolute atomic E-state index is 11.9. The van der Waals surface area contributed by atoms with E-state index in [1.807, 2.05) is 4.90 Å². The van der Waals surface area contributed by atoms with E-state index in [0.717, 1.165) is 12.8 Å². The molecule has 0 atom stereocenters. The lowest BCUT2D eigenvalue weighted by Gasteiger charge is -2.32. The smallest absolute Gasteiger partial charge is 0.222 e. The molecule has 3 N–H and O–H groups in total. The van der Waals surface area contributed by atoms with Crippen molar-refractivity contribution in [2.75, 3.05) is 25.4 Å². The molecule has 0 bridgehead atoms. The van der Waals surface area contributed by atoms with Crippen LogP contribution in [0.5, 0.6) is 0 Å². The van der Waals surface area contributed by atoms with Crippen LogP contribution in [0.4, 0.5) is 0 Å². The minimum Gasteiger partial charge on any atom is -0.343 e. The van der Waals surface area contributed by atoms with Crippen molar-refractivity contribution in [1.29, 1.82) is 0 Å². The van der Waals surface area contributed by atoms with Crippen LogP contribution in [0.25, 0.3) is 0 Å². The molecule has 0 unspecified atom stereocenters. The van der Waals surface area contributed by atoms with E-state index in [4.69, 9.17) is 5.73 Å². The number of hydrogen-bond acceptors (Lipinski definition) is 4. The molecule has 1 amide bonds. The SMILES string of the molecule is CCS(=O)(=O)NC1CCN(C(=O)CCCCN)CC1. The van der Waals surface area contributed by atoms with E-state index in [9.17, 15) is 13.2 Å². The van der Waals surface area contributed by atoms with Gasteiger partial charge in [-0.15, -0.1) is 0 Å². The van der Waals surface area contributed by atoms with Crippen LogP contribution in [0.2, 0.25) is 0 Å². The Labute approximate surface area is 115 Å². The molecule has 1 fully saturated rings. The number of nitrogens with two attached hydrogens (primary N) is 1. The second-order valence-electron chi connectivity index (χ2n) is 4.92. The van der Waals surface area contributed by atoms with Crippen LogP contribution in [0.3, 0.4) is 0 Å². The third-order valence-corrected chi connectivity index (χ3v) is 4.87. The fraction of sp³-hybridized carbons (Fsp3) is 0.917. The first-order valence-corrected chi connectivity index (χ1v) is 8.61. The summed E-state index contributed by atoms with van der Waals surface area (Å²) < 4.78 is 25.6. The first kappa shape index (κ1) is 16.4. The summed E-state index contributed by atoms with van der Waals surface area (Å²) in [5, 5.41) is 0. The second kappa shape index (κ2) is 7.81. The van der Waals surface area contributed by atoms with E-state index in [0.29, 0.717) is 38.9 Å². The Bertz CT molecular complexity index is 376. The monoisotopic (exact) mass is 291 g/mol. The molecular weight excluding hydrogens is 266 g/mol. The van der Waals surface area contributed by atoms with Crippen molar-refractivity contribution in [2.24, 2.45) is 5.73 Å². The van der Waals surface area contributed by atoms with Gasteiger partial charge in [-0.05, 0) is 39.2 Å². The zero-order valence-electron chi connectivity index (χ0n) is 11.6. The molecule has 19 heavy (non-hydrogen) atoms. The zero-order chi connectivity index (χ0) is 14.3. The average molecular weight is 291 g/mol.